The number of ether oxygens (including phenoxy) is 1. The van der Waals surface area contributed by atoms with E-state index >= 15 is 4.39 Å². The van der Waals surface area contributed by atoms with E-state index in [0.29, 0.717) is 23.1 Å². The van der Waals surface area contributed by atoms with E-state index in [2.05, 4.69) is 57.2 Å². The van der Waals surface area contributed by atoms with Crippen molar-refractivity contribution in [1.29, 1.82) is 0 Å². The maximum atomic E-state index is 16.0. The average molecular weight is 727 g/mol. The summed E-state index contributed by atoms with van der Waals surface area (Å²) < 4.78 is 24.9. The van der Waals surface area contributed by atoms with Crippen LogP contribution in [-0.4, -0.2) is 11.8 Å². The molecule has 1 aliphatic rings. The molecule has 0 aliphatic heterocycles. The number of hydrogen-bond donors (Lipinski definition) is 0. The van der Waals surface area contributed by atoms with Crippen LogP contribution >= 0.6 is 68.0 Å². The molecule has 0 bridgehead atoms. The molecule has 0 spiro atoms. The van der Waals surface area contributed by atoms with Crippen LogP contribution in [0.2, 0.25) is 0 Å². The Hall–Kier alpha value is -3.51. The van der Waals surface area contributed by atoms with Gasteiger partial charge in [0.05, 0.1) is 9.58 Å². The second-order valence-corrected chi connectivity index (χ2v) is 18.9. The van der Waals surface area contributed by atoms with Crippen LogP contribution in [0.1, 0.15) is 45.1 Å². The summed E-state index contributed by atoms with van der Waals surface area (Å²) in [5.74, 6) is -0.850. The van der Waals surface area contributed by atoms with Gasteiger partial charge < -0.3 is 4.74 Å². The van der Waals surface area contributed by atoms with Gasteiger partial charge in [0, 0.05) is 82.8 Å². The van der Waals surface area contributed by atoms with Gasteiger partial charge in [-0.15, -0.1) is 68.0 Å². The van der Waals surface area contributed by atoms with E-state index in [9.17, 15) is 9.59 Å². The minimum atomic E-state index is -0.720. The van der Waals surface area contributed by atoms with Gasteiger partial charge in [-0.3, -0.25) is 4.79 Å². The van der Waals surface area contributed by atoms with Gasteiger partial charge in [0.15, 0.2) is 11.6 Å². The first-order valence-electron chi connectivity index (χ1n) is 14.9. The molecule has 0 N–H and O–H groups in total. The second kappa shape index (κ2) is 10.7. The van der Waals surface area contributed by atoms with Crippen molar-refractivity contribution in [2.24, 2.45) is 0 Å². The summed E-state index contributed by atoms with van der Waals surface area (Å²) in [6.07, 6.45) is 0.334. The number of ketones is 1. The number of aryl methyl sites for hydroxylation is 4. The van der Waals surface area contributed by atoms with Gasteiger partial charge in [-0.2, -0.15) is 0 Å². The number of rotatable bonds is 5. The molecule has 10 heteroatoms. The lowest BCUT2D eigenvalue weighted by Gasteiger charge is -2.17. The van der Waals surface area contributed by atoms with Gasteiger partial charge in [0.25, 0.3) is 0 Å². The number of fused-ring (bicyclic) bond motifs is 5. The summed E-state index contributed by atoms with van der Waals surface area (Å²) in [6, 6.07) is 18.4. The fraction of sp³-hybridized carbons (Fsp3) is 0.135. The number of Topliss-reactive ketones (excluding diaryl/α,β-unsaturated/α-hetero) is 1. The third-order valence-corrected chi connectivity index (χ3v) is 15.4. The Kier molecular flexibility index (Phi) is 6.77. The predicted octanol–water partition coefficient (Wildman–Crippen LogP) is 12.8. The summed E-state index contributed by atoms with van der Waals surface area (Å²) in [5.41, 5.74) is 4.05. The van der Waals surface area contributed by atoms with E-state index in [-0.39, 0.29) is 10.7 Å². The Morgan fingerprint density at radius 1 is 0.702 bits per heavy atom. The number of carbonyl (C=O) groups excluding carboxylic acids is 2. The summed E-state index contributed by atoms with van der Waals surface area (Å²) in [5, 5.41) is 2.94. The van der Waals surface area contributed by atoms with Crippen molar-refractivity contribution in [3.63, 3.8) is 0 Å². The lowest BCUT2D eigenvalue weighted by molar-refractivity contribution is 0.0735. The molecule has 0 amide bonds. The molecule has 232 valence electrons. The molecule has 2 aromatic carbocycles. The van der Waals surface area contributed by atoms with Crippen molar-refractivity contribution < 1.29 is 18.7 Å². The van der Waals surface area contributed by atoms with E-state index in [1.54, 1.807) is 40.9 Å². The zero-order valence-corrected chi connectivity index (χ0v) is 30.4. The monoisotopic (exact) mass is 726 g/mol. The number of carbonyl (C=O) groups is 2. The largest absolute Gasteiger partial charge is 0.422 e. The zero-order chi connectivity index (χ0) is 32.3. The van der Waals surface area contributed by atoms with Crippen molar-refractivity contribution in [2.75, 3.05) is 0 Å². The Bertz CT molecular complexity index is 2630. The number of esters is 1. The Morgan fingerprint density at radius 3 is 2.02 bits per heavy atom. The molecule has 0 saturated carbocycles. The number of halogens is 1. The van der Waals surface area contributed by atoms with E-state index in [4.69, 9.17) is 4.74 Å². The molecular formula is C37H23FO3S6. The van der Waals surface area contributed by atoms with Crippen molar-refractivity contribution in [2.45, 2.75) is 34.1 Å². The second-order valence-electron chi connectivity index (χ2n) is 11.8. The molecule has 8 aromatic rings. The molecular weight excluding hydrogens is 704 g/mol. The highest BCUT2D eigenvalue weighted by Gasteiger charge is 2.29. The van der Waals surface area contributed by atoms with Crippen LogP contribution in [0.5, 0.6) is 5.75 Å². The maximum Gasteiger partial charge on any atom is 0.356 e. The summed E-state index contributed by atoms with van der Waals surface area (Å²) in [7, 11) is 0. The molecule has 1 aliphatic carbocycles. The topological polar surface area (TPSA) is 43.4 Å². The minimum absolute atomic E-state index is 0.0343. The minimum Gasteiger partial charge on any atom is -0.422 e. The quantitative estimate of drug-likeness (QED) is 0.131. The first-order chi connectivity index (χ1) is 22.6. The van der Waals surface area contributed by atoms with Crippen LogP contribution in [0.3, 0.4) is 0 Å². The number of benzene rings is 2. The number of hydrogen-bond acceptors (Lipinski definition) is 9. The van der Waals surface area contributed by atoms with Crippen molar-refractivity contribution in [3.05, 3.63) is 95.9 Å². The highest BCUT2D eigenvalue weighted by Crippen LogP contribution is 2.55. The maximum absolute atomic E-state index is 16.0. The molecule has 9 rings (SSSR count). The molecule has 3 nitrogen and oxygen atoms in total. The Morgan fingerprint density at radius 2 is 1.38 bits per heavy atom. The molecule has 0 atom stereocenters. The van der Waals surface area contributed by atoms with Gasteiger partial charge in [0.1, 0.15) is 10.6 Å². The van der Waals surface area contributed by atoms with Gasteiger partial charge in [-0.1, -0.05) is 0 Å². The fourth-order valence-electron chi connectivity index (χ4n) is 6.42. The van der Waals surface area contributed by atoms with Crippen LogP contribution in [-0.2, 0) is 6.42 Å². The smallest absolute Gasteiger partial charge is 0.356 e. The predicted molar refractivity (Wildman–Crippen MR) is 201 cm³/mol. The van der Waals surface area contributed by atoms with E-state index in [1.807, 2.05) is 40.9 Å². The standard InChI is InChI=1S/C37H23FO3S6/c1-15-5-9-25(42-15)29-30(26-10-6-16(2)43-26)33-23(22-11-17(3)44-32(22)29)14-27(46-33)34-35-28(18(4)45-34)31(38)36(47-35)37(40)41-20-7-8-21-19(12-20)13-24(21)39/h5-12,14H,13H2,1-4H3. The van der Waals surface area contributed by atoms with E-state index in [0.717, 1.165) is 36.2 Å². The summed E-state index contributed by atoms with van der Waals surface area (Å²) in [4.78, 5) is 34.2. The van der Waals surface area contributed by atoms with Crippen LogP contribution in [0.15, 0.2) is 54.6 Å². The normalized spacial score (nSPS) is 12.8. The van der Waals surface area contributed by atoms with Crippen LogP contribution < -0.4 is 4.74 Å². The third kappa shape index (κ3) is 4.57. The van der Waals surface area contributed by atoms with E-state index < -0.39 is 11.8 Å². The van der Waals surface area contributed by atoms with Crippen LogP contribution in [0, 0.1) is 33.5 Å². The summed E-state index contributed by atoms with van der Waals surface area (Å²) >= 11 is 9.97. The third-order valence-electron chi connectivity index (χ3n) is 8.57. The van der Waals surface area contributed by atoms with Gasteiger partial charge in [-0.25, -0.2) is 9.18 Å². The lowest BCUT2D eigenvalue weighted by Crippen LogP contribution is -2.19. The highest BCUT2D eigenvalue weighted by atomic mass is 32.1. The highest BCUT2D eigenvalue weighted by molar-refractivity contribution is 7.32. The SMILES string of the molecule is Cc1ccc(-c2c(-c3ccc(C)s3)c3sc(-c4sc(C)c5c(F)c(C(=O)Oc6ccc7c(c6)CC7=O)sc45)cc3c3cc(C)sc23)s1. The molecule has 0 fully saturated rings. The fourth-order valence-corrected chi connectivity index (χ4v) is 13.3. The molecule has 0 unspecified atom stereocenters. The first kappa shape index (κ1) is 29.6. The van der Waals surface area contributed by atoms with Crippen molar-refractivity contribution >= 4 is 110 Å². The summed E-state index contributed by atoms with van der Waals surface area (Å²) in [6.45, 7) is 8.39. The average Bonchev–Trinajstić information content (AvgIpc) is 3.86. The zero-order valence-electron chi connectivity index (χ0n) is 25.5. The Balaban J connectivity index is 1.22. The first-order valence-corrected chi connectivity index (χ1v) is 19.8. The van der Waals surface area contributed by atoms with Crippen molar-refractivity contribution in [1.82, 2.24) is 0 Å². The van der Waals surface area contributed by atoms with E-state index in [1.165, 1.54) is 55.7 Å². The molecule has 47 heavy (non-hydrogen) atoms. The van der Waals surface area contributed by atoms with Gasteiger partial charge in [0.2, 0.25) is 0 Å². The van der Waals surface area contributed by atoms with Gasteiger partial charge >= 0.3 is 5.97 Å². The lowest BCUT2D eigenvalue weighted by atomic mass is 9.87. The molecule has 6 aromatic heterocycles. The van der Waals surface area contributed by atoms with Crippen LogP contribution in [0.4, 0.5) is 4.39 Å². The van der Waals surface area contributed by atoms with Gasteiger partial charge in [-0.05, 0) is 87.9 Å². The molecule has 0 saturated heterocycles. The molecule has 6 heterocycles. The Labute approximate surface area is 293 Å². The van der Waals surface area contributed by atoms with Crippen LogP contribution in [0.25, 0.3) is 60.9 Å². The van der Waals surface area contributed by atoms with Crippen molar-refractivity contribution in [3.8, 4) is 36.4 Å². The molecule has 0 radical (unpaired) electrons. The number of thiophene rings is 6.